The summed E-state index contributed by atoms with van der Waals surface area (Å²) in [5, 5.41) is 0. The van der Waals surface area contributed by atoms with Crippen molar-refractivity contribution in [1.29, 1.82) is 0 Å². The van der Waals surface area contributed by atoms with Crippen molar-refractivity contribution < 1.29 is 8.42 Å². The molecule has 2 unspecified atom stereocenters. The lowest BCUT2D eigenvalue weighted by atomic mass is 10.0. The molecule has 4 nitrogen and oxygen atoms in total. The maximum atomic E-state index is 12.4. The van der Waals surface area contributed by atoms with E-state index in [9.17, 15) is 8.42 Å². The summed E-state index contributed by atoms with van der Waals surface area (Å²) in [5.41, 5.74) is 6.68. The van der Waals surface area contributed by atoms with Crippen molar-refractivity contribution in [2.45, 2.75) is 37.6 Å². The molecule has 1 aliphatic heterocycles. The molecule has 1 saturated heterocycles. The van der Waals surface area contributed by atoms with Gasteiger partial charge < -0.3 is 5.73 Å². The molecule has 0 saturated carbocycles. The Morgan fingerprint density at radius 3 is 2.58 bits per heavy atom. The summed E-state index contributed by atoms with van der Waals surface area (Å²) in [7, 11) is -3.26. The third kappa shape index (κ3) is 3.78. The van der Waals surface area contributed by atoms with Crippen LogP contribution < -0.4 is 5.73 Å². The molecule has 0 aliphatic carbocycles. The Kier molecular flexibility index (Phi) is 4.66. The zero-order chi connectivity index (χ0) is 14.0. The largest absolute Gasteiger partial charge is 0.328 e. The lowest BCUT2D eigenvalue weighted by Crippen LogP contribution is -2.48. The third-order valence-corrected chi connectivity index (χ3v) is 5.96. The van der Waals surface area contributed by atoms with E-state index >= 15 is 0 Å². The van der Waals surface area contributed by atoms with E-state index in [-0.39, 0.29) is 17.8 Å². The van der Waals surface area contributed by atoms with Gasteiger partial charge in [-0.3, -0.25) is 0 Å². The summed E-state index contributed by atoms with van der Waals surface area (Å²) in [5.74, 6) is 0.0554. The molecule has 0 amide bonds. The minimum Gasteiger partial charge on any atom is -0.328 e. The second-order valence-corrected chi connectivity index (χ2v) is 7.96. The Balaban J connectivity index is 2.12. The zero-order valence-electron chi connectivity index (χ0n) is 10.9. The molecule has 1 aromatic rings. The van der Waals surface area contributed by atoms with Crippen LogP contribution in [0.25, 0.3) is 0 Å². The summed E-state index contributed by atoms with van der Waals surface area (Å²) in [4.78, 5) is 0. The Morgan fingerprint density at radius 1 is 1.37 bits per heavy atom. The van der Waals surface area contributed by atoms with E-state index in [0.29, 0.717) is 6.54 Å². The van der Waals surface area contributed by atoms with Gasteiger partial charge in [0.1, 0.15) is 0 Å². The fourth-order valence-corrected chi connectivity index (χ4v) is 4.54. The van der Waals surface area contributed by atoms with E-state index in [2.05, 4.69) is 15.9 Å². The fourth-order valence-electron chi connectivity index (χ4n) is 2.47. The van der Waals surface area contributed by atoms with Gasteiger partial charge in [-0.05, 0) is 37.5 Å². The summed E-state index contributed by atoms with van der Waals surface area (Å²) in [6, 6.07) is 7.50. The molecular weight excluding hydrogens is 328 g/mol. The summed E-state index contributed by atoms with van der Waals surface area (Å²) in [6.45, 7) is 2.46. The maximum absolute atomic E-state index is 12.4. The second-order valence-electron chi connectivity index (χ2n) is 5.13. The van der Waals surface area contributed by atoms with Gasteiger partial charge in [0.25, 0.3) is 0 Å². The maximum Gasteiger partial charge on any atom is 0.218 e. The number of sulfonamides is 1. The first-order valence-corrected chi connectivity index (χ1v) is 8.78. The number of rotatable bonds is 3. The van der Waals surface area contributed by atoms with Crippen LogP contribution in [0, 0.1) is 0 Å². The molecule has 0 bridgehead atoms. The van der Waals surface area contributed by atoms with E-state index in [0.717, 1.165) is 22.9 Å². The summed E-state index contributed by atoms with van der Waals surface area (Å²) < 4.78 is 27.4. The molecule has 1 aromatic carbocycles. The minimum absolute atomic E-state index is 0.0100. The first-order valence-electron chi connectivity index (χ1n) is 6.38. The van der Waals surface area contributed by atoms with Crippen molar-refractivity contribution in [2.24, 2.45) is 5.73 Å². The van der Waals surface area contributed by atoms with Gasteiger partial charge in [0.15, 0.2) is 0 Å². The highest BCUT2D eigenvalue weighted by Gasteiger charge is 2.32. The molecule has 2 rings (SSSR count). The zero-order valence-corrected chi connectivity index (χ0v) is 13.3. The fraction of sp³-hybridized carbons (Fsp3) is 0.538. The minimum atomic E-state index is -3.26. The van der Waals surface area contributed by atoms with Gasteiger partial charge in [-0.1, -0.05) is 28.1 Å². The Labute approximate surface area is 123 Å². The average molecular weight is 347 g/mol. The van der Waals surface area contributed by atoms with E-state index in [4.69, 9.17) is 5.73 Å². The molecule has 19 heavy (non-hydrogen) atoms. The first kappa shape index (κ1) is 15.0. The van der Waals surface area contributed by atoms with Crippen LogP contribution in [0.1, 0.15) is 25.3 Å². The second kappa shape index (κ2) is 5.91. The highest BCUT2D eigenvalue weighted by Crippen LogP contribution is 2.22. The molecule has 1 aliphatic rings. The average Bonchev–Trinajstić information content (AvgIpc) is 2.31. The van der Waals surface area contributed by atoms with Gasteiger partial charge in [0, 0.05) is 23.1 Å². The Bertz CT molecular complexity index is 530. The molecule has 1 fully saturated rings. The van der Waals surface area contributed by atoms with E-state index in [1.54, 1.807) is 4.31 Å². The summed E-state index contributed by atoms with van der Waals surface area (Å²) >= 11 is 3.34. The van der Waals surface area contributed by atoms with Gasteiger partial charge in [-0.2, -0.15) is 4.31 Å². The molecular formula is C13H19BrN2O2S. The third-order valence-electron chi connectivity index (χ3n) is 3.48. The first-order chi connectivity index (χ1) is 8.88. The van der Waals surface area contributed by atoms with Crippen LogP contribution in [0.3, 0.4) is 0 Å². The normalized spacial score (nSPS) is 25.4. The highest BCUT2D eigenvalue weighted by atomic mass is 79.9. The van der Waals surface area contributed by atoms with Crippen LogP contribution in [0.15, 0.2) is 28.7 Å². The number of nitrogens with two attached hydrogens (primary N) is 1. The lowest BCUT2D eigenvalue weighted by molar-refractivity contribution is 0.247. The van der Waals surface area contributed by atoms with Crippen molar-refractivity contribution in [3.8, 4) is 0 Å². The van der Waals surface area contributed by atoms with E-state index in [1.807, 2.05) is 31.2 Å². The molecule has 0 spiro atoms. The van der Waals surface area contributed by atoms with Crippen LogP contribution >= 0.6 is 15.9 Å². The number of hydrogen-bond acceptors (Lipinski definition) is 3. The SMILES string of the molecule is CC1CC(N)CCN1S(=O)(=O)Cc1ccc(Br)cc1. The lowest BCUT2D eigenvalue weighted by Gasteiger charge is -2.35. The van der Waals surface area contributed by atoms with Crippen molar-refractivity contribution >= 4 is 26.0 Å². The van der Waals surface area contributed by atoms with E-state index in [1.165, 1.54) is 0 Å². The van der Waals surface area contributed by atoms with Crippen molar-refractivity contribution in [3.63, 3.8) is 0 Å². The molecule has 106 valence electrons. The van der Waals surface area contributed by atoms with Crippen LogP contribution in [-0.4, -0.2) is 31.4 Å². The number of hydrogen-bond donors (Lipinski definition) is 1. The van der Waals surface area contributed by atoms with Crippen molar-refractivity contribution in [3.05, 3.63) is 34.3 Å². The number of piperidine rings is 1. The standard InChI is InChI=1S/C13H19BrN2O2S/c1-10-8-13(15)6-7-16(10)19(17,18)9-11-2-4-12(14)5-3-11/h2-5,10,13H,6-9,15H2,1H3. The number of nitrogens with zero attached hydrogens (tertiary/aromatic N) is 1. The van der Waals surface area contributed by atoms with Crippen molar-refractivity contribution in [2.75, 3.05) is 6.54 Å². The van der Waals surface area contributed by atoms with Gasteiger partial charge in [0.2, 0.25) is 10.0 Å². The quantitative estimate of drug-likeness (QED) is 0.911. The molecule has 2 N–H and O–H groups in total. The Morgan fingerprint density at radius 2 is 2.00 bits per heavy atom. The predicted octanol–water partition coefficient (Wildman–Crippen LogP) is 2.09. The summed E-state index contributed by atoms with van der Waals surface area (Å²) in [6.07, 6.45) is 1.48. The van der Waals surface area contributed by atoms with Crippen LogP contribution in [-0.2, 0) is 15.8 Å². The molecule has 0 radical (unpaired) electrons. The van der Waals surface area contributed by atoms with Gasteiger partial charge in [-0.25, -0.2) is 8.42 Å². The van der Waals surface area contributed by atoms with Gasteiger partial charge in [0.05, 0.1) is 5.75 Å². The monoisotopic (exact) mass is 346 g/mol. The topological polar surface area (TPSA) is 63.4 Å². The van der Waals surface area contributed by atoms with E-state index < -0.39 is 10.0 Å². The van der Waals surface area contributed by atoms with Crippen LogP contribution in [0.5, 0.6) is 0 Å². The molecule has 1 heterocycles. The predicted molar refractivity (Wildman–Crippen MR) is 80.1 cm³/mol. The number of benzene rings is 1. The number of halogens is 1. The van der Waals surface area contributed by atoms with Crippen LogP contribution in [0.4, 0.5) is 0 Å². The molecule has 6 heteroatoms. The van der Waals surface area contributed by atoms with Crippen molar-refractivity contribution in [1.82, 2.24) is 4.31 Å². The molecule has 2 atom stereocenters. The Hall–Kier alpha value is -0.430. The van der Waals surface area contributed by atoms with Crippen LogP contribution in [0.2, 0.25) is 0 Å². The smallest absolute Gasteiger partial charge is 0.218 e. The highest BCUT2D eigenvalue weighted by molar-refractivity contribution is 9.10. The van der Waals surface area contributed by atoms with Gasteiger partial charge >= 0.3 is 0 Å². The van der Waals surface area contributed by atoms with Gasteiger partial charge in [-0.15, -0.1) is 0 Å². The molecule has 0 aromatic heterocycles.